The van der Waals surface area contributed by atoms with E-state index in [2.05, 4.69) is 10.6 Å². The highest BCUT2D eigenvalue weighted by Crippen LogP contribution is 2.29. The molecule has 1 saturated heterocycles. The summed E-state index contributed by atoms with van der Waals surface area (Å²) in [5.41, 5.74) is 0.492. The van der Waals surface area contributed by atoms with Crippen LogP contribution in [0.25, 0.3) is 0 Å². The smallest absolute Gasteiger partial charge is 0.319 e. The molecular weight excluding hydrogens is 287 g/mol. The molecule has 1 aliphatic rings. The Bertz CT molecular complexity index is 462. The fourth-order valence-electron chi connectivity index (χ4n) is 2.06. The summed E-state index contributed by atoms with van der Waals surface area (Å²) in [7, 11) is 0. The molecule has 1 aromatic rings. The van der Waals surface area contributed by atoms with Crippen molar-refractivity contribution >= 4 is 34.9 Å². The van der Waals surface area contributed by atoms with Crippen LogP contribution in [-0.2, 0) is 4.74 Å². The number of hydrogen-bond donors (Lipinski definition) is 2. The highest BCUT2D eigenvalue weighted by atomic mass is 35.5. The van der Waals surface area contributed by atoms with E-state index in [0.29, 0.717) is 15.7 Å². The zero-order chi connectivity index (χ0) is 13.8. The minimum Gasteiger partial charge on any atom is -0.376 e. The molecular formula is C13H16Cl2N2O2. The highest BCUT2D eigenvalue weighted by Gasteiger charge is 2.23. The summed E-state index contributed by atoms with van der Waals surface area (Å²) in [6.07, 6.45) is 2.10. The third kappa shape index (κ3) is 3.75. The number of rotatable bonds is 3. The first kappa shape index (κ1) is 14.4. The van der Waals surface area contributed by atoms with Crippen LogP contribution in [-0.4, -0.2) is 24.8 Å². The summed E-state index contributed by atoms with van der Waals surface area (Å²) in [5.74, 6) is 0. The van der Waals surface area contributed by atoms with Crippen LogP contribution in [0.5, 0.6) is 0 Å². The van der Waals surface area contributed by atoms with Crippen molar-refractivity contribution in [1.29, 1.82) is 0 Å². The Hall–Kier alpha value is -0.970. The number of benzene rings is 1. The minimum absolute atomic E-state index is 0.0412. The van der Waals surface area contributed by atoms with Gasteiger partial charge in [0.1, 0.15) is 0 Å². The first-order valence-corrected chi connectivity index (χ1v) is 6.96. The van der Waals surface area contributed by atoms with E-state index in [9.17, 15) is 4.79 Å². The van der Waals surface area contributed by atoms with Crippen LogP contribution in [0.4, 0.5) is 10.5 Å². The number of carbonyl (C=O) groups is 1. The van der Waals surface area contributed by atoms with Crippen LogP contribution in [0, 0.1) is 0 Å². The van der Waals surface area contributed by atoms with Crippen molar-refractivity contribution < 1.29 is 9.53 Å². The second kappa shape index (κ2) is 6.46. The predicted octanol–water partition coefficient (Wildman–Crippen LogP) is 3.68. The lowest BCUT2D eigenvalue weighted by Crippen LogP contribution is -2.43. The Labute approximate surface area is 122 Å². The number of halogens is 2. The van der Waals surface area contributed by atoms with E-state index in [1.54, 1.807) is 18.2 Å². The van der Waals surface area contributed by atoms with Gasteiger partial charge in [-0.2, -0.15) is 0 Å². The quantitative estimate of drug-likeness (QED) is 0.895. The molecule has 0 bridgehead atoms. The number of urea groups is 1. The fourth-order valence-corrected chi connectivity index (χ4v) is 2.40. The zero-order valence-corrected chi connectivity index (χ0v) is 12.1. The van der Waals surface area contributed by atoms with Crippen molar-refractivity contribution in [3.05, 3.63) is 28.2 Å². The molecule has 2 rings (SSSR count). The van der Waals surface area contributed by atoms with Crippen LogP contribution in [0.3, 0.4) is 0 Å². The number of nitrogens with one attached hydrogen (secondary N) is 2. The average Bonchev–Trinajstić information content (AvgIpc) is 2.88. The van der Waals surface area contributed by atoms with Gasteiger partial charge in [-0.05, 0) is 31.9 Å². The summed E-state index contributed by atoms with van der Waals surface area (Å²) >= 11 is 11.9. The lowest BCUT2D eigenvalue weighted by molar-refractivity contribution is 0.0868. The van der Waals surface area contributed by atoms with Gasteiger partial charge in [-0.15, -0.1) is 0 Å². The molecule has 0 aliphatic carbocycles. The molecule has 0 spiro atoms. The summed E-state index contributed by atoms with van der Waals surface area (Å²) in [5, 5.41) is 6.27. The topological polar surface area (TPSA) is 50.4 Å². The van der Waals surface area contributed by atoms with Gasteiger partial charge >= 0.3 is 6.03 Å². The summed E-state index contributed by atoms with van der Waals surface area (Å²) in [4.78, 5) is 11.9. The second-order valence-electron chi connectivity index (χ2n) is 4.54. The third-order valence-electron chi connectivity index (χ3n) is 3.08. The third-order valence-corrected chi connectivity index (χ3v) is 3.90. The number of ether oxygens (including phenoxy) is 1. The van der Waals surface area contributed by atoms with E-state index in [0.717, 1.165) is 19.4 Å². The maximum absolute atomic E-state index is 11.9. The van der Waals surface area contributed by atoms with Gasteiger partial charge in [0.2, 0.25) is 0 Å². The maximum Gasteiger partial charge on any atom is 0.319 e. The molecule has 2 amide bonds. The van der Waals surface area contributed by atoms with Gasteiger partial charge in [0, 0.05) is 6.61 Å². The normalized spacial score (nSPS) is 20.1. The Morgan fingerprint density at radius 2 is 2.26 bits per heavy atom. The molecule has 0 saturated carbocycles. The standard InChI is InChI=1S/C13H16Cl2N2O2/c1-8(11-6-3-7-19-11)16-13(18)17-10-5-2-4-9(14)12(10)15/h2,4-5,8,11H,3,6-7H2,1H3,(H2,16,17,18)/t8-,11+/m0/s1. The summed E-state index contributed by atoms with van der Waals surface area (Å²) in [6, 6.07) is 4.74. The van der Waals surface area contributed by atoms with Gasteiger partial charge in [0.05, 0.1) is 27.9 Å². The molecule has 19 heavy (non-hydrogen) atoms. The average molecular weight is 303 g/mol. The first-order chi connectivity index (χ1) is 9.08. The predicted molar refractivity (Wildman–Crippen MR) is 77.1 cm³/mol. The molecule has 0 radical (unpaired) electrons. The molecule has 1 heterocycles. The monoisotopic (exact) mass is 302 g/mol. The van der Waals surface area contributed by atoms with E-state index < -0.39 is 0 Å². The van der Waals surface area contributed by atoms with Gasteiger partial charge in [-0.1, -0.05) is 29.3 Å². The molecule has 104 valence electrons. The maximum atomic E-state index is 11.9. The largest absolute Gasteiger partial charge is 0.376 e. The highest BCUT2D eigenvalue weighted by molar-refractivity contribution is 6.43. The lowest BCUT2D eigenvalue weighted by Gasteiger charge is -2.20. The van der Waals surface area contributed by atoms with Crippen molar-refractivity contribution in [3.63, 3.8) is 0 Å². The van der Waals surface area contributed by atoms with Gasteiger partial charge < -0.3 is 15.4 Å². The molecule has 1 aromatic carbocycles. The van der Waals surface area contributed by atoms with Crippen molar-refractivity contribution in [3.8, 4) is 0 Å². The van der Waals surface area contributed by atoms with Crippen LogP contribution in [0.15, 0.2) is 18.2 Å². The van der Waals surface area contributed by atoms with Gasteiger partial charge in [0.25, 0.3) is 0 Å². The number of anilines is 1. The van der Waals surface area contributed by atoms with Gasteiger partial charge in [0.15, 0.2) is 0 Å². The minimum atomic E-state index is -0.313. The molecule has 1 fully saturated rings. The Kier molecular flexibility index (Phi) is 4.91. The zero-order valence-electron chi connectivity index (χ0n) is 10.6. The van der Waals surface area contributed by atoms with Crippen LogP contribution < -0.4 is 10.6 Å². The molecule has 2 N–H and O–H groups in total. The van der Waals surface area contributed by atoms with E-state index in [1.807, 2.05) is 6.92 Å². The SMILES string of the molecule is C[C@H](NC(=O)Nc1cccc(Cl)c1Cl)[C@H]1CCCO1. The van der Waals surface area contributed by atoms with Crippen LogP contribution >= 0.6 is 23.2 Å². The second-order valence-corrected chi connectivity index (χ2v) is 5.33. The van der Waals surface area contributed by atoms with Crippen LogP contribution in [0.1, 0.15) is 19.8 Å². The van der Waals surface area contributed by atoms with Crippen molar-refractivity contribution in [2.75, 3.05) is 11.9 Å². The van der Waals surface area contributed by atoms with Crippen molar-refractivity contribution in [2.45, 2.75) is 31.9 Å². The van der Waals surface area contributed by atoms with E-state index in [-0.39, 0.29) is 18.2 Å². The fraction of sp³-hybridized carbons (Fsp3) is 0.462. The van der Waals surface area contributed by atoms with E-state index in [4.69, 9.17) is 27.9 Å². The van der Waals surface area contributed by atoms with Crippen LogP contribution in [0.2, 0.25) is 10.0 Å². The molecule has 1 aliphatic heterocycles. The van der Waals surface area contributed by atoms with Gasteiger partial charge in [-0.25, -0.2) is 4.79 Å². The Morgan fingerprint density at radius 1 is 1.47 bits per heavy atom. The Morgan fingerprint density at radius 3 is 2.95 bits per heavy atom. The lowest BCUT2D eigenvalue weighted by atomic mass is 10.1. The summed E-state index contributed by atoms with van der Waals surface area (Å²) in [6.45, 7) is 2.69. The number of carbonyl (C=O) groups excluding carboxylic acids is 1. The molecule has 0 unspecified atom stereocenters. The first-order valence-electron chi connectivity index (χ1n) is 6.21. The van der Waals surface area contributed by atoms with Crippen molar-refractivity contribution in [1.82, 2.24) is 5.32 Å². The summed E-state index contributed by atoms with van der Waals surface area (Å²) < 4.78 is 5.52. The van der Waals surface area contributed by atoms with E-state index >= 15 is 0 Å². The van der Waals surface area contributed by atoms with Gasteiger partial charge in [-0.3, -0.25) is 0 Å². The van der Waals surface area contributed by atoms with Crippen molar-refractivity contribution in [2.24, 2.45) is 0 Å². The Balaban J connectivity index is 1.91. The number of amides is 2. The molecule has 0 aromatic heterocycles. The number of hydrogen-bond acceptors (Lipinski definition) is 2. The molecule has 6 heteroatoms. The molecule has 2 atom stereocenters. The van der Waals surface area contributed by atoms with E-state index in [1.165, 1.54) is 0 Å². The molecule has 4 nitrogen and oxygen atoms in total.